The molecular formula is C13H15N3O2. The van der Waals surface area contributed by atoms with Crippen LogP contribution in [-0.2, 0) is 11.3 Å². The van der Waals surface area contributed by atoms with Crippen LogP contribution in [0.5, 0.6) is 0 Å². The third kappa shape index (κ3) is 2.30. The first-order chi connectivity index (χ1) is 8.39. The third-order valence-corrected chi connectivity index (χ3v) is 2.76. The van der Waals surface area contributed by atoms with E-state index in [1.54, 1.807) is 24.3 Å². The number of hydrogen-bond donors (Lipinski definition) is 0. The second kappa shape index (κ2) is 4.33. The van der Waals surface area contributed by atoms with Gasteiger partial charge in [0.1, 0.15) is 12.1 Å². The van der Waals surface area contributed by atoms with Crippen LogP contribution < -0.4 is 5.56 Å². The molecule has 18 heavy (non-hydrogen) atoms. The number of nitrogens with zero attached hydrogens (tertiary/aromatic N) is 3. The SMILES string of the molecule is CC(C)(C)C(=O)Cn1nnc2ccccc2c1=O. The molecule has 2 aromatic rings. The topological polar surface area (TPSA) is 64.8 Å². The van der Waals surface area contributed by atoms with Crippen LogP contribution in [0.1, 0.15) is 20.8 Å². The van der Waals surface area contributed by atoms with Crippen molar-refractivity contribution in [3.8, 4) is 0 Å². The van der Waals surface area contributed by atoms with E-state index in [1.165, 1.54) is 0 Å². The molecule has 1 heterocycles. The fourth-order valence-corrected chi connectivity index (χ4v) is 1.50. The summed E-state index contributed by atoms with van der Waals surface area (Å²) in [5.41, 5.74) is -0.229. The van der Waals surface area contributed by atoms with E-state index in [0.29, 0.717) is 10.9 Å². The van der Waals surface area contributed by atoms with Crippen molar-refractivity contribution in [3.05, 3.63) is 34.6 Å². The molecule has 0 saturated heterocycles. The molecule has 1 aromatic carbocycles. The molecule has 0 aliphatic carbocycles. The molecule has 1 aromatic heterocycles. The van der Waals surface area contributed by atoms with Gasteiger partial charge in [-0.1, -0.05) is 38.1 Å². The van der Waals surface area contributed by atoms with Gasteiger partial charge in [0.2, 0.25) is 0 Å². The summed E-state index contributed by atoms with van der Waals surface area (Å²) in [6.07, 6.45) is 0. The highest BCUT2D eigenvalue weighted by atomic mass is 16.1. The third-order valence-electron chi connectivity index (χ3n) is 2.76. The monoisotopic (exact) mass is 245 g/mol. The molecule has 0 fully saturated rings. The highest BCUT2D eigenvalue weighted by Crippen LogP contribution is 2.15. The second-order valence-corrected chi connectivity index (χ2v) is 5.24. The Hall–Kier alpha value is -2.04. The maximum atomic E-state index is 12.1. The fourth-order valence-electron chi connectivity index (χ4n) is 1.50. The number of carbonyl (C=O) groups is 1. The van der Waals surface area contributed by atoms with E-state index < -0.39 is 5.41 Å². The highest BCUT2D eigenvalue weighted by molar-refractivity contribution is 5.83. The van der Waals surface area contributed by atoms with Crippen molar-refractivity contribution in [3.63, 3.8) is 0 Å². The summed E-state index contributed by atoms with van der Waals surface area (Å²) in [7, 11) is 0. The van der Waals surface area contributed by atoms with Crippen molar-refractivity contribution in [2.24, 2.45) is 5.41 Å². The Balaban J connectivity index is 2.45. The zero-order chi connectivity index (χ0) is 13.3. The largest absolute Gasteiger partial charge is 0.297 e. The Bertz CT molecular complexity index is 653. The Morgan fingerprint density at radius 1 is 1.28 bits per heavy atom. The quantitative estimate of drug-likeness (QED) is 0.802. The molecule has 5 heteroatoms. The van der Waals surface area contributed by atoms with E-state index in [4.69, 9.17) is 0 Å². The van der Waals surface area contributed by atoms with E-state index in [2.05, 4.69) is 10.3 Å². The molecule has 0 unspecified atom stereocenters. The molecule has 0 bridgehead atoms. The lowest BCUT2D eigenvalue weighted by Crippen LogP contribution is -2.32. The summed E-state index contributed by atoms with van der Waals surface area (Å²) in [6, 6.07) is 6.96. The average molecular weight is 245 g/mol. The van der Waals surface area contributed by atoms with E-state index in [-0.39, 0.29) is 17.9 Å². The maximum absolute atomic E-state index is 12.1. The predicted molar refractivity (Wildman–Crippen MR) is 68.3 cm³/mol. The van der Waals surface area contributed by atoms with E-state index in [9.17, 15) is 9.59 Å². The van der Waals surface area contributed by atoms with Crippen molar-refractivity contribution < 1.29 is 4.79 Å². The summed E-state index contributed by atoms with van der Waals surface area (Å²) in [5.74, 6) is -0.0471. The summed E-state index contributed by atoms with van der Waals surface area (Å²) < 4.78 is 1.12. The number of fused-ring (bicyclic) bond motifs is 1. The van der Waals surface area contributed by atoms with Crippen molar-refractivity contribution in [1.29, 1.82) is 0 Å². The van der Waals surface area contributed by atoms with Crippen molar-refractivity contribution in [1.82, 2.24) is 15.0 Å². The number of hydrogen-bond acceptors (Lipinski definition) is 4. The summed E-state index contributed by atoms with van der Waals surface area (Å²) in [6.45, 7) is 5.40. The lowest BCUT2D eigenvalue weighted by atomic mass is 9.91. The number of aromatic nitrogens is 3. The number of carbonyl (C=O) groups excluding carboxylic acids is 1. The van der Waals surface area contributed by atoms with Crippen LogP contribution in [0.15, 0.2) is 29.1 Å². The zero-order valence-electron chi connectivity index (χ0n) is 10.7. The second-order valence-electron chi connectivity index (χ2n) is 5.24. The van der Waals surface area contributed by atoms with E-state index in [1.807, 2.05) is 20.8 Å². The molecule has 0 amide bonds. The van der Waals surface area contributed by atoms with Gasteiger partial charge in [-0.25, -0.2) is 4.68 Å². The van der Waals surface area contributed by atoms with Crippen molar-refractivity contribution in [2.45, 2.75) is 27.3 Å². The minimum Gasteiger partial charge on any atom is -0.297 e. The lowest BCUT2D eigenvalue weighted by Gasteiger charge is -2.16. The first kappa shape index (κ1) is 12.4. The summed E-state index contributed by atoms with van der Waals surface area (Å²) in [5, 5.41) is 8.21. The van der Waals surface area contributed by atoms with Gasteiger partial charge in [-0.15, -0.1) is 5.10 Å². The molecule has 2 rings (SSSR count). The minimum atomic E-state index is -0.493. The zero-order valence-corrected chi connectivity index (χ0v) is 10.7. The molecule has 5 nitrogen and oxygen atoms in total. The van der Waals surface area contributed by atoms with Crippen LogP contribution in [0, 0.1) is 5.41 Å². The molecule has 0 atom stereocenters. The molecule has 0 aliphatic rings. The van der Waals surface area contributed by atoms with E-state index in [0.717, 1.165) is 4.68 Å². The van der Waals surface area contributed by atoms with Gasteiger partial charge >= 0.3 is 0 Å². The van der Waals surface area contributed by atoms with Crippen LogP contribution in [-0.4, -0.2) is 20.8 Å². The Morgan fingerprint density at radius 3 is 2.61 bits per heavy atom. The van der Waals surface area contributed by atoms with Gasteiger partial charge < -0.3 is 0 Å². The van der Waals surface area contributed by atoms with Gasteiger partial charge in [-0.2, -0.15) is 0 Å². The Labute approximate surface area is 104 Å². The average Bonchev–Trinajstić information content (AvgIpc) is 2.32. The number of Topliss-reactive ketones (excluding diaryl/α,β-unsaturated/α-hetero) is 1. The summed E-state index contributed by atoms with van der Waals surface area (Å²) in [4.78, 5) is 24.0. The lowest BCUT2D eigenvalue weighted by molar-refractivity contribution is -0.127. The normalized spacial score (nSPS) is 11.7. The first-order valence-electron chi connectivity index (χ1n) is 5.75. The number of rotatable bonds is 2. The van der Waals surface area contributed by atoms with Crippen molar-refractivity contribution >= 4 is 16.7 Å². The number of ketones is 1. The molecule has 0 aliphatic heterocycles. The molecule has 0 spiro atoms. The van der Waals surface area contributed by atoms with Gasteiger partial charge in [0.05, 0.1) is 5.39 Å². The standard InChI is InChI=1S/C13H15N3O2/c1-13(2,3)11(17)8-16-12(18)9-6-4-5-7-10(9)14-15-16/h4-7H,8H2,1-3H3. The van der Waals surface area contributed by atoms with Crippen LogP contribution >= 0.6 is 0 Å². The molecule has 0 saturated carbocycles. The molecular weight excluding hydrogens is 230 g/mol. The first-order valence-corrected chi connectivity index (χ1v) is 5.75. The van der Waals surface area contributed by atoms with Crippen LogP contribution in [0.2, 0.25) is 0 Å². The fraction of sp³-hybridized carbons (Fsp3) is 0.385. The molecule has 0 N–H and O–H groups in total. The van der Waals surface area contributed by atoms with Crippen molar-refractivity contribution in [2.75, 3.05) is 0 Å². The van der Waals surface area contributed by atoms with E-state index >= 15 is 0 Å². The highest BCUT2D eigenvalue weighted by Gasteiger charge is 2.22. The van der Waals surface area contributed by atoms with Crippen LogP contribution in [0.3, 0.4) is 0 Å². The smallest absolute Gasteiger partial charge is 0.278 e. The Morgan fingerprint density at radius 2 is 1.94 bits per heavy atom. The van der Waals surface area contributed by atoms with Crippen LogP contribution in [0.4, 0.5) is 0 Å². The van der Waals surface area contributed by atoms with Gasteiger partial charge in [0.15, 0.2) is 5.78 Å². The van der Waals surface area contributed by atoms with Gasteiger partial charge in [-0.3, -0.25) is 9.59 Å². The van der Waals surface area contributed by atoms with Crippen LogP contribution in [0.25, 0.3) is 10.9 Å². The summed E-state index contributed by atoms with van der Waals surface area (Å²) >= 11 is 0. The number of benzene rings is 1. The Kier molecular flexibility index (Phi) is 2.98. The minimum absolute atomic E-state index is 0.0415. The van der Waals surface area contributed by atoms with Gasteiger partial charge in [-0.05, 0) is 12.1 Å². The maximum Gasteiger partial charge on any atom is 0.278 e. The molecule has 0 radical (unpaired) electrons. The predicted octanol–water partition coefficient (Wildman–Crippen LogP) is 1.41. The van der Waals surface area contributed by atoms with Gasteiger partial charge in [0, 0.05) is 5.41 Å². The molecule has 94 valence electrons. The van der Waals surface area contributed by atoms with Gasteiger partial charge in [0.25, 0.3) is 5.56 Å².